The molecular formula is C15H18ClFN6. The normalized spacial score (nSPS) is 9.43. The molecule has 0 saturated carbocycles. The monoisotopic (exact) mass is 336 g/mol. The number of nitrogens with zero attached hydrogens (tertiary/aromatic N) is 3. The summed E-state index contributed by atoms with van der Waals surface area (Å²) < 4.78 is 12.9. The maximum Gasteiger partial charge on any atom is 0.233 e. The molecule has 2 rings (SSSR count). The number of halogens is 2. The van der Waals surface area contributed by atoms with Gasteiger partial charge in [-0.2, -0.15) is 15.0 Å². The predicted molar refractivity (Wildman–Crippen MR) is 92.9 cm³/mol. The molecule has 0 aliphatic heterocycles. The Morgan fingerprint density at radius 1 is 1.04 bits per heavy atom. The lowest BCUT2D eigenvalue weighted by atomic mass is 10.3. The minimum atomic E-state index is -0.303. The molecule has 0 spiro atoms. The number of rotatable bonds is 7. The highest BCUT2D eigenvalue weighted by Gasteiger charge is 2.06. The summed E-state index contributed by atoms with van der Waals surface area (Å²) in [6.45, 7) is 3.10. The van der Waals surface area contributed by atoms with Crippen molar-refractivity contribution in [3.63, 3.8) is 0 Å². The quantitative estimate of drug-likeness (QED) is 0.675. The average Bonchev–Trinajstić information content (AvgIpc) is 2.53. The fourth-order valence-corrected chi connectivity index (χ4v) is 1.62. The molecule has 2 aromatic rings. The predicted octanol–water partition coefficient (Wildman–Crippen LogP) is 3.04. The fourth-order valence-electron chi connectivity index (χ4n) is 1.62. The van der Waals surface area contributed by atoms with Crippen molar-refractivity contribution in [1.29, 1.82) is 0 Å². The highest BCUT2D eigenvalue weighted by Crippen LogP contribution is 2.16. The summed E-state index contributed by atoms with van der Waals surface area (Å²) in [7, 11) is 0. The summed E-state index contributed by atoms with van der Waals surface area (Å²) in [6.07, 6.45) is 6.16. The Balaban J connectivity index is 0.00000264. The maximum absolute atomic E-state index is 12.9. The molecule has 0 aliphatic rings. The average molecular weight is 337 g/mol. The van der Waals surface area contributed by atoms with Gasteiger partial charge < -0.3 is 16.0 Å². The van der Waals surface area contributed by atoms with Crippen molar-refractivity contribution in [3.8, 4) is 12.3 Å². The van der Waals surface area contributed by atoms with E-state index < -0.39 is 0 Å². The zero-order valence-electron chi connectivity index (χ0n) is 12.6. The van der Waals surface area contributed by atoms with Gasteiger partial charge in [0, 0.05) is 12.2 Å². The van der Waals surface area contributed by atoms with E-state index >= 15 is 0 Å². The number of hydrogen-bond donors (Lipinski definition) is 3. The number of terminal acetylenes is 1. The number of benzene rings is 1. The van der Waals surface area contributed by atoms with Gasteiger partial charge in [0.05, 0.1) is 6.54 Å². The molecule has 23 heavy (non-hydrogen) atoms. The van der Waals surface area contributed by atoms with E-state index in [0.717, 1.165) is 13.0 Å². The Kier molecular flexibility index (Phi) is 7.57. The number of anilines is 4. The van der Waals surface area contributed by atoms with Crippen LogP contribution in [0.5, 0.6) is 0 Å². The molecule has 1 aromatic heterocycles. The zero-order valence-corrected chi connectivity index (χ0v) is 13.5. The van der Waals surface area contributed by atoms with Crippen LogP contribution in [0.25, 0.3) is 0 Å². The number of hydrogen-bond acceptors (Lipinski definition) is 6. The number of aromatic nitrogens is 3. The highest BCUT2D eigenvalue weighted by atomic mass is 35.5. The van der Waals surface area contributed by atoms with E-state index in [1.165, 1.54) is 12.1 Å². The van der Waals surface area contributed by atoms with Gasteiger partial charge in [0.25, 0.3) is 0 Å². The first-order valence-electron chi connectivity index (χ1n) is 6.91. The first kappa shape index (κ1) is 18.5. The molecule has 3 N–H and O–H groups in total. The van der Waals surface area contributed by atoms with Gasteiger partial charge in [0.2, 0.25) is 17.8 Å². The van der Waals surface area contributed by atoms with Crippen LogP contribution in [0.4, 0.5) is 27.9 Å². The summed E-state index contributed by atoms with van der Waals surface area (Å²) in [5, 5.41) is 9.00. The van der Waals surface area contributed by atoms with Crippen LogP contribution in [0.1, 0.15) is 13.3 Å². The van der Waals surface area contributed by atoms with Crippen molar-refractivity contribution >= 4 is 35.9 Å². The van der Waals surface area contributed by atoms with E-state index in [2.05, 4.69) is 36.8 Å². The van der Waals surface area contributed by atoms with Gasteiger partial charge in [-0.15, -0.1) is 18.8 Å². The van der Waals surface area contributed by atoms with Crippen LogP contribution in [-0.2, 0) is 0 Å². The minimum Gasteiger partial charge on any atom is -0.354 e. The lowest BCUT2D eigenvalue weighted by Gasteiger charge is -2.10. The van der Waals surface area contributed by atoms with Crippen LogP contribution in [0, 0.1) is 18.2 Å². The smallest absolute Gasteiger partial charge is 0.233 e. The summed E-state index contributed by atoms with van der Waals surface area (Å²) >= 11 is 0. The molecule has 122 valence electrons. The second kappa shape index (κ2) is 9.43. The molecule has 6 nitrogen and oxygen atoms in total. The van der Waals surface area contributed by atoms with Crippen molar-refractivity contribution < 1.29 is 4.39 Å². The van der Waals surface area contributed by atoms with Crippen molar-refractivity contribution in [1.82, 2.24) is 15.0 Å². The summed E-state index contributed by atoms with van der Waals surface area (Å²) in [5.74, 6) is 3.32. The molecule has 1 aromatic carbocycles. The van der Waals surface area contributed by atoms with E-state index in [9.17, 15) is 4.39 Å². The summed E-state index contributed by atoms with van der Waals surface area (Å²) in [5.41, 5.74) is 0.678. The van der Waals surface area contributed by atoms with Crippen LogP contribution in [0.2, 0.25) is 0 Å². The third-order valence-corrected chi connectivity index (χ3v) is 2.62. The molecule has 0 aliphatic carbocycles. The van der Waals surface area contributed by atoms with Gasteiger partial charge in [-0.1, -0.05) is 12.8 Å². The molecule has 0 atom stereocenters. The molecule has 0 bridgehead atoms. The SMILES string of the molecule is C#CCNc1nc(NCCC)nc(Nc2ccc(F)cc2)n1.Cl. The van der Waals surface area contributed by atoms with Crippen molar-refractivity contribution in [2.45, 2.75) is 13.3 Å². The second-order valence-corrected chi connectivity index (χ2v) is 4.42. The van der Waals surface area contributed by atoms with E-state index in [4.69, 9.17) is 6.42 Å². The van der Waals surface area contributed by atoms with E-state index in [1.54, 1.807) is 12.1 Å². The topological polar surface area (TPSA) is 74.8 Å². The molecule has 0 fully saturated rings. The van der Waals surface area contributed by atoms with Crippen LogP contribution in [0.3, 0.4) is 0 Å². The fraction of sp³-hybridized carbons (Fsp3) is 0.267. The maximum atomic E-state index is 12.9. The van der Waals surface area contributed by atoms with Gasteiger partial charge in [-0.05, 0) is 30.7 Å². The van der Waals surface area contributed by atoms with Gasteiger partial charge in [-0.25, -0.2) is 4.39 Å². The third-order valence-electron chi connectivity index (χ3n) is 2.62. The lowest BCUT2D eigenvalue weighted by Crippen LogP contribution is -2.11. The van der Waals surface area contributed by atoms with Gasteiger partial charge in [-0.3, -0.25) is 0 Å². The van der Waals surface area contributed by atoms with Gasteiger partial charge in [0.15, 0.2) is 0 Å². The molecule has 0 radical (unpaired) electrons. The molecule has 0 saturated heterocycles. The lowest BCUT2D eigenvalue weighted by molar-refractivity contribution is 0.628. The van der Waals surface area contributed by atoms with Crippen LogP contribution in [-0.4, -0.2) is 28.0 Å². The molecule has 0 amide bonds. The standard InChI is InChI=1S/C15H17FN6.ClH/c1-3-9-17-13-20-14(18-10-4-2)22-15(21-13)19-12-7-5-11(16)6-8-12;/h1,5-8H,4,9-10H2,2H3,(H3,17,18,19,20,21,22);1H. The van der Waals surface area contributed by atoms with Crippen LogP contribution in [0.15, 0.2) is 24.3 Å². The first-order chi connectivity index (χ1) is 10.7. The van der Waals surface area contributed by atoms with Crippen molar-refractivity contribution in [3.05, 3.63) is 30.1 Å². The Morgan fingerprint density at radius 2 is 1.65 bits per heavy atom. The van der Waals surface area contributed by atoms with Gasteiger partial charge >= 0.3 is 0 Å². The van der Waals surface area contributed by atoms with Crippen LogP contribution < -0.4 is 16.0 Å². The summed E-state index contributed by atoms with van der Waals surface area (Å²) in [6, 6.07) is 5.92. The van der Waals surface area contributed by atoms with E-state index in [1.807, 2.05) is 6.92 Å². The first-order valence-corrected chi connectivity index (χ1v) is 6.91. The van der Waals surface area contributed by atoms with Crippen molar-refractivity contribution in [2.24, 2.45) is 0 Å². The number of nitrogens with one attached hydrogen (secondary N) is 3. The van der Waals surface area contributed by atoms with Crippen LogP contribution >= 0.6 is 12.4 Å². The Labute approximate surface area is 140 Å². The highest BCUT2D eigenvalue weighted by molar-refractivity contribution is 5.85. The Hall–Kier alpha value is -2.59. The van der Waals surface area contributed by atoms with E-state index in [-0.39, 0.29) is 18.2 Å². The third kappa shape index (κ3) is 5.96. The Morgan fingerprint density at radius 3 is 2.26 bits per heavy atom. The van der Waals surface area contributed by atoms with E-state index in [0.29, 0.717) is 30.1 Å². The largest absolute Gasteiger partial charge is 0.354 e. The molecular weight excluding hydrogens is 319 g/mol. The summed E-state index contributed by atoms with van der Waals surface area (Å²) in [4.78, 5) is 12.7. The second-order valence-electron chi connectivity index (χ2n) is 4.42. The zero-order chi connectivity index (χ0) is 15.8. The molecule has 1 heterocycles. The van der Waals surface area contributed by atoms with Crippen molar-refractivity contribution in [2.75, 3.05) is 29.0 Å². The minimum absolute atomic E-state index is 0. The molecule has 0 unspecified atom stereocenters. The van der Waals surface area contributed by atoms with Gasteiger partial charge in [0.1, 0.15) is 5.82 Å². The molecule has 8 heteroatoms. The Bertz CT molecular complexity index is 656.